The largest absolute Gasteiger partial charge is 0.480 e. The summed E-state index contributed by atoms with van der Waals surface area (Å²) in [5.41, 5.74) is 9.45. The van der Waals surface area contributed by atoms with E-state index in [1.807, 2.05) is 54.6 Å². The molecule has 0 radical (unpaired) electrons. The smallest absolute Gasteiger partial charge is 0.320 e. The van der Waals surface area contributed by atoms with Crippen molar-refractivity contribution in [2.24, 2.45) is 5.73 Å². The van der Waals surface area contributed by atoms with E-state index in [0.29, 0.717) is 60.0 Å². The predicted octanol–water partition coefficient (Wildman–Crippen LogP) is 1.88. The Morgan fingerprint density at radius 2 is 1.14 bits per heavy atom. The highest BCUT2D eigenvalue weighted by molar-refractivity contribution is 5.73. The first-order valence-electron chi connectivity index (χ1n) is 14.7. The molecule has 44 heavy (non-hydrogen) atoms. The van der Waals surface area contributed by atoms with Gasteiger partial charge in [0.25, 0.3) is 0 Å². The van der Waals surface area contributed by atoms with Crippen molar-refractivity contribution >= 4 is 17.9 Å². The number of rotatable bonds is 10. The van der Waals surface area contributed by atoms with Gasteiger partial charge in [-0.3, -0.25) is 29.1 Å². The minimum absolute atomic E-state index is 0.229. The second-order valence-corrected chi connectivity index (χ2v) is 10.8. The van der Waals surface area contributed by atoms with E-state index in [9.17, 15) is 29.7 Å². The van der Waals surface area contributed by atoms with Crippen LogP contribution in [0.2, 0.25) is 0 Å². The number of nitrogens with two attached hydrogens (primary N) is 1. The summed E-state index contributed by atoms with van der Waals surface area (Å²) in [5, 5.41) is 29.5. The summed E-state index contributed by atoms with van der Waals surface area (Å²) in [7, 11) is 0. The lowest BCUT2D eigenvalue weighted by molar-refractivity contribution is -0.145. The summed E-state index contributed by atoms with van der Waals surface area (Å²) < 4.78 is 0. The minimum atomic E-state index is -1.01. The first-order chi connectivity index (χ1) is 21.2. The Labute approximate surface area is 256 Å². The van der Waals surface area contributed by atoms with E-state index in [1.54, 1.807) is 14.7 Å². The van der Waals surface area contributed by atoms with Crippen LogP contribution in [0.25, 0.3) is 22.8 Å². The lowest BCUT2D eigenvalue weighted by Gasteiger charge is -2.33. The molecule has 3 aromatic heterocycles. The molecule has 1 atom stereocenters. The maximum atomic E-state index is 12.4. The Balaban J connectivity index is 1.74. The van der Waals surface area contributed by atoms with Gasteiger partial charge in [0.1, 0.15) is 6.04 Å². The van der Waals surface area contributed by atoms with Crippen molar-refractivity contribution in [1.29, 1.82) is 0 Å². The molecule has 0 spiro atoms. The number of aromatic nitrogens is 3. The van der Waals surface area contributed by atoms with Gasteiger partial charge in [0, 0.05) is 39.3 Å². The summed E-state index contributed by atoms with van der Waals surface area (Å²) >= 11 is 0. The van der Waals surface area contributed by atoms with Crippen molar-refractivity contribution < 1.29 is 29.7 Å². The lowest BCUT2D eigenvalue weighted by Crippen LogP contribution is -2.49. The molecule has 1 aliphatic rings. The Morgan fingerprint density at radius 1 is 0.682 bits per heavy atom. The molecule has 4 heterocycles. The summed E-state index contributed by atoms with van der Waals surface area (Å²) in [6, 6.07) is 15.7. The maximum absolute atomic E-state index is 12.4. The van der Waals surface area contributed by atoms with Crippen molar-refractivity contribution in [2.45, 2.75) is 38.4 Å². The predicted molar refractivity (Wildman–Crippen MR) is 162 cm³/mol. The van der Waals surface area contributed by atoms with Crippen LogP contribution in [0, 0.1) is 0 Å². The SMILES string of the molecule is NCCCC[C@@H](C(=O)O)N1CCN(CC(=O)O)Cc2cccc(n2)-c2cccc(n2)-c2cccc(n2)CN(CC(=O)O)CC1. The summed E-state index contributed by atoms with van der Waals surface area (Å²) in [6.45, 7) is 1.41. The number of carbonyl (C=O) groups is 3. The van der Waals surface area contributed by atoms with E-state index in [1.165, 1.54) is 0 Å². The van der Waals surface area contributed by atoms with Crippen LogP contribution < -0.4 is 5.73 Å². The highest BCUT2D eigenvalue weighted by Crippen LogP contribution is 2.22. The average molecular weight is 606 g/mol. The quantitative estimate of drug-likeness (QED) is 0.246. The van der Waals surface area contributed by atoms with Gasteiger partial charge in [-0.15, -0.1) is 0 Å². The molecule has 13 nitrogen and oxygen atoms in total. The number of hydrogen-bond donors (Lipinski definition) is 4. The number of hydrogen-bond acceptors (Lipinski definition) is 10. The van der Waals surface area contributed by atoms with Crippen molar-refractivity contribution in [3.8, 4) is 22.8 Å². The van der Waals surface area contributed by atoms with E-state index in [0.717, 1.165) is 0 Å². The summed E-state index contributed by atoms with van der Waals surface area (Å²) in [4.78, 5) is 55.6. The molecule has 234 valence electrons. The van der Waals surface area contributed by atoms with Gasteiger partial charge in [0.2, 0.25) is 0 Å². The van der Waals surface area contributed by atoms with Crippen molar-refractivity contribution in [1.82, 2.24) is 29.7 Å². The molecule has 3 aromatic rings. The van der Waals surface area contributed by atoms with Crippen LogP contribution in [-0.4, -0.2) is 115 Å². The fourth-order valence-electron chi connectivity index (χ4n) is 5.32. The fraction of sp³-hybridized carbons (Fsp3) is 0.419. The van der Waals surface area contributed by atoms with Crippen LogP contribution in [0.15, 0.2) is 54.6 Å². The number of aliphatic carboxylic acids is 3. The van der Waals surface area contributed by atoms with E-state index in [-0.39, 0.29) is 52.4 Å². The van der Waals surface area contributed by atoms with Gasteiger partial charge in [-0.25, -0.2) is 15.0 Å². The average Bonchev–Trinajstić information content (AvgIpc) is 2.99. The molecule has 5 N–H and O–H groups in total. The number of fused-ring (bicyclic) bond motifs is 8. The molecule has 0 amide bonds. The topological polar surface area (TPSA) is 186 Å². The normalized spacial score (nSPS) is 16.0. The van der Waals surface area contributed by atoms with Crippen LogP contribution in [0.4, 0.5) is 0 Å². The number of carboxylic acid groups (broad SMARTS) is 3. The lowest BCUT2D eigenvalue weighted by atomic mass is 10.1. The van der Waals surface area contributed by atoms with Gasteiger partial charge >= 0.3 is 17.9 Å². The number of pyridine rings is 3. The van der Waals surface area contributed by atoms with Crippen LogP contribution in [0.1, 0.15) is 30.7 Å². The van der Waals surface area contributed by atoms with Crippen LogP contribution >= 0.6 is 0 Å². The second-order valence-electron chi connectivity index (χ2n) is 10.8. The first kappa shape index (κ1) is 32.6. The van der Waals surface area contributed by atoms with Crippen molar-refractivity contribution in [3.05, 3.63) is 66.0 Å². The van der Waals surface area contributed by atoms with Gasteiger partial charge < -0.3 is 21.1 Å². The molecular weight excluding hydrogens is 566 g/mol. The van der Waals surface area contributed by atoms with Crippen LogP contribution in [-0.2, 0) is 27.5 Å². The van der Waals surface area contributed by atoms with Gasteiger partial charge in [-0.2, -0.15) is 0 Å². The molecule has 4 rings (SSSR count). The molecule has 0 fully saturated rings. The van der Waals surface area contributed by atoms with E-state index in [2.05, 4.69) is 0 Å². The number of carboxylic acids is 3. The molecule has 0 unspecified atom stereocenters. The van der Waals surface area contributed by atoms with Crippen LogP contribution in [0.5, 0.6) is 0 Å². The van der Waals surface area contributed by atoms with Crippen molar-refractivity contribution in [2.75, 3.05) is 45.8 Å². The third kappa shape index (κ3) is 9.61. The van der Waals surface area contributed by atoms with Crippen molar-refractivity contribution in [3.63, 3.8) is 0 Å². The second kappa shape index (κ2) is 16.0. The molecule has 0 aromatic carbocycles. The third-order valence-electron chi connectivity index (χ3n) is 7.44. The highest BCUT2D eigenvalue weighted by Gasteiger charge is 2.27. The summed E-state index contributed by atoms with van der Waals surface area (Å²) in [6.07, 6.45) is 1.65. The molecule has 0 aliphatic carbocycles. The molecule has 1 aliphatic heterocycles. The van der Waals surface area contributed by atoms with E-state index in [4.69, 9.17) is 20.7 Å². The Bertz CT molecular complexity index is 1350. The van der Waals surface area contributed by atoms with Crippen LogP contribution in [0.3, 0.4) is 0 Å². The zero-order chi connectivity index (χ0) is 31.5. The van der Waals surface area contributed by atoms with E-state index >= 15 is 0 Å². The molecule has 6 bridgehead atoms. The highest BCUT2D eigenvalue weighted by atomic mass is 16.4. The monoisotopic (exact) mass is 605 g/mol. The number of unbranched alkanes of at least 4 members (excludes halogenated alkanes) is 1. The molecule has 0 saturated carbocycles. The minimum Gasteiger partial charge on any atom is -0.480 e. The maximum Gasteiger partial charge on any atom is 0.320 e. The standard InChI is InChI=1S/C31H39N7O6/c32-13-2-1-12-28(31(43)44)38-16-14-36(20-29(39)40)18-22-6-3-8-24(33-22)26-10-5-11-27(35-26)25-9-4-7-23(34-25)19-37(15-17-38)21-30(41)42/h3-11,28H,1-2,12-21,32H2,(H,39,40)(H,41,42)(H,43,44)/t28-/m0/s1. The zero-order valence-electron chi connectivity index (χ0n) is 24.6. The van der Waals surface area contributed by atoms with E-state index < -0.39 is 23.9 Å². The van der Waals surface area contributed by atoms with Gasteiger partial charge in [0.15, 0.2) is 0 Å². The van der Waals surface area contributed by atoms with Gasteiger partial charge in [-0.05, 0) is 55.8 Å². The molecule has 0 saturated heterocycles. The fourth-order valence-corrected chi connectivity index (χ4v) is 5.32. The van der Waals surface area contributed by atoms with Gasteiger partial charge in [-0.1, -0.05) is 24.6 Å². The Kier molecular flexibility index (Phi) is 11.8. The molecular formula is C31H39N7O6. The molecule has 13 heteroatoms. The number of nitrogens with zero attached hydrogens (tertiary/aromatic N) is 6. The Hall–Kier alpha value is -4.30. The third-order valence-corrected chi connectivity index (χ3v) is 7.44. The van der Waals surface area contributed by atoms with Gasteiger partial charge in [0.05, 0.1) is 47.3 Å². The Morgan fingerprint density at radius 3 is 1.57 bits per heavy atom. The summed E-state index contributed by atoms with van der Waals surface area (Å²) in [5.74, 6) is -3.01. The first-order valence-corrected chi connectivity index (χ1v) is 14.7. The zero-order valence-corrected chi connectivity index (χ0v) is 24.6.